The number of benzene rings is 2. The van der Waals surface area contributed by atoms with Crippen molar-refractivity contribution in [1.29, 1.82) is 0 Å². The van der Waals surface area contributed by atoms with Crippen LogP contribution in [0.15, 0.2) is 52.2 Å². The summed E-state index contributed by atoms with van der Waals surface area (Å²) >= 11 is 7.77. The Labute approximate surface area is 149 Å². The summed E-state index contributed by atoms with van der Waals surface area (Å²) in [4.78, 5) is 18.6. The van der Waals surface area contributed by atoms with Crippen LogP contribution in [0.4, 0.5) is 0 Å². The quantitative estimate of drug-likeness (QED) is 0.625. The van der Waals surface area contributed by atoms with Gasteiger partial charge in [0.15, 0.2) is 0 Å². The average molecular weight is 355 g/mol. The van der Waals surface area contributed by atoms with Crippen LogP contribution in [0, 0.1) is 0 Å². The van der Waals surface area contributed by atoms with Gasteiger partial charge >= 0.3 is 0 Å². The van der Waals surface area contributed by atoms with Crippen molar-refractivity contribution in [3.8, 4) is 0 Å². The molecule has 0 spiro atoms. The van der Waals surface area contributed by atoms with Gasteiger partial charge in [-0.25, -0.2) is 4.98 Å². The van der Waals surface area contributed by atoms with Gasteiger partial charge in [-0.1, -0.05) is 23.7 Å². The molecule has 0 amide bonds. The van der Waals surface area contributed by atoms with Crippen molar-refractivity contribution >= 4 is 45.9 Å². The van der Waals surface area contributed by atoms with E-state index in [4.69, 9.17) is 16.6 Å². The SMILES string of the molecule is CSc1ccc(C=C2CCn3c2nc2cc(Cl)ccc2c3=O)cc1. The molecule has 0 unspecified atom stereocenters. The van der Waals surface area contributed by atoms with E-state index in [0.29, 0.717) is 22.5 Å². The van der Waals surface area contributed by atoms with E-state index in [2.05, 4.69) is 36.6 Å². The predicted octanol–water partition coefficient (Wildman–Crippen LogP) is 4.72. The summed E-state index contributed by atoms with van der Waals surface area (Å²) in [6.45, 7) is 0.675. The van der Waals surface area contributed by atoms with E-state index in [1.54, 1.807) is 34.5 Å². The van der Waals surface area contributed by atoms with Crippen LogP contribution >= 0.6 is 23.4 Å². The third-order valence-electron chi connectivity index (χ3n) is 4.27. The number of hydrogen-bond acceptors (Lipinski definition) is 3. The lowest BCUT2D eigenvalue weighted by molar-refractivity contribution is 0.725. The molecule has 3 nitrogen and oxygen atoms in total. The van der Waals surface area contributed by atoms with E-state index in [9.17, 15) is 4.79 Å². The zero-order valence-electron chi connectivity index (χ0n) is 13.1. The van der Waals surface area contributed by atoms with Crippen molar-refractivity contribution in [2.75, 3.05) is 6.26 Å². The molecule has 0 radical (unpaired) electrons. The molecule has 1 aliphatic heterocycles. The second kappa shape index (κ2) is 6.11. The summed E-state index contributed by atoms with van der Waals surface area (Å²) in [5.41, 5.74) is 2.87. The second-order valence-corrected chi connectivity index (χ2v) is 7.06. The Morgan fingerprint density at radius 1 is 1.21 bits per heavy atom. The molecular weight excluding hydrogens is 340 g/mol. The Morgan fingerprint density at radius 2 is 2.00 bits per heavy atom. The van der Waals surface area contributed by atoms with E-state index in [0.717, 1.165) is 23.4 Å². The van der Waals surface area contributed by atoms with Crippen LogP contribution in [0.1, 0.15) is 17.8 Å². The van der Waals surface area contributed by atoms with Crippen molar-refractivity contribution in [2.45, 2.75) is 17.9 Å². The number of aromatic nitrogens is 2. The van der Waals surface area contributed by atoms with Crippen LogP contribution in [0.25, 0.3) is 22.6 Å². The third-order valence-corrected chi connectivity index (χ3v) is 5.24. The summed E-state index contributed by atoms with van der Waals surface area (Å²) < 4.78 is 1.76. The zero-order valence-corrected chi connectivity index (χ0v) is 14.7. The standard InChI is InChI=1S/C19H15ClN2OS/c1-24-15-5-2-12(3-6-15)10-13-8-9-22-18(13)21-17-11-14(20)4-7-16(17)19(22)23/h2-7,10-11H,8-9H2,1H3. The lowest BCUT2D eigenvalue weighted by atomic mass is 10.1. The molecule has 120 valence electrons. The van der Waals surface area contributed by atoms with Crippen LogP contribution < -0.4 is 5.56 Å². The number of nitrogens with zero attached hydrogens (tertiary/aromatic N) is 2. The Bertz CT molecular complexity index is 1020. The van der Waals surface area contributed by atoms with Crippen LogP contribution in [0.5, 0.6) is 0 Å². The lowest BCUT2D eigenvalue weighted by Gasteiger charge is -2.06. The van der Waals surface area contributed by atoms with Crippen LogP contribution in [-0.4, -0.2) is 15.8 Å². The molecular formula is C19H15ClN2OS. The van der Waals surface area contributed by atoms with Crippen LogP contribution in [0.3, 0.4) is 0 Å². The number of thioether (sulfide) groups is 1. The van der Waals surface area contributed by atoms with E-state index in [1.165, 1.54) is 4.90 Å². The molecule has 1 aliphatic rings. The maximum atomic E-state index is 12.7. The van der Waals surface area contributed by atoms with Gasteiger partial charge in [-0.05, 0) is 60.2 Å². The fraction of sp³-hybridized carbons (Fsp3) is 0.158. The van der Waals surface area contributed by atoms with Crippen LogP contribution in [-0.2, 0) is 6.54 Å². The first-order valence-corrected chi connectivity index (χ1v) is 9.31. The topological polar surface area (TPSA) is 34.9 Å². The van der Waals surface area contributed by atoms with Gasteiger partial charge < -0.3 is 0 Å². The van der Waals surface area contributed by atoms with Crippen molar-refractivity contribution in [1.82, 2.24) is 9.55 Å². The Hall–Kier alpha value is -2.04. The molecule has 0 fully saturated rings. The highest BCUT2D eigenvalue weighted by Gasteiger charge is 2.20. The van der Waals surface area contributed by atoms with Gasteiger partial charge in [-0.3, -0.25) is 9.36 Å². The number of halogens is 1. The normalized spacial score (nSPS) is 15.2. The van der Waals surface area contributed by atoms with Gasteiger partial charge in [0.2, 0.25) is 0 Å². The van der Waals surface area contributed by atoms with Crippen molar-refractivity contribution in [3.63, 3.8) is 0 Å². The first-order valence-electron chi connectivity index (χ1n) is 7.71. The summed E-state index contributed by atoms with van der Waals surface area (Å²) in [6, 6.07) is 13.6. The molecule has 0 bridgehead atoms. The number of allylic oxidation sites excluding steroid dienone is 1. The molecule has 0 saturated carbocycles. The molecule has 0 aliphatic carbocycles. The van der Waals surface area contributed by atoms with Crippen molar-refractivity contribution in [3.05, 3.63) is 69.2 Å². The van der Waals surface area contributed by atoms with Crippen molar-refractivity contribution < 1.29 is 0 Å². The van der Waals surface area contributed by atoms with E-state index in [-0.39, 0.29) is 5.56 Å². The summed E-state index contributed by atoms with van der Waals surface area (Å²) in [5.74, 6) is 0.753. The summed E-state index contributed by atoms with van der Waals surface area (Å²) in [6.07, 6.45) is 5.00. The molecule has 4 rings (SSSR count). The fourth-order valence-corrected chi connectivity index (χ4v) is 3.60. The first-order chi connectivity index (χ1) is 11.7. The van der Waals surface area contributed by atoms with Gasteiger partial charge in [0.25, 0.3) is 5.56 Å². The van der Waals surface area contributed by atoms with E-state index in [1.807, 2.05) is 0 Å². The monoisotopic (exact) mass is 354 g/mol. The molecule has 5 heteroatoms. The third kappa shape index (κ3) is 2.66. The van der Waals surface area contributed by atoms with Crippen molar-refractivity contribution in [2.24, 2.45) is 0 Å². The van der Waals surface area contributed by atoms with Gasteiger partial charge in [-0.15, -0.1) is 11.8 Å². The van der Waals surface area contributed by atoms with Gasteiger partial charge in [0, 0.05) is 16.5 Å². The number of hydrogen-bond donors (Lipinski definition) is 0. The molecule has 3 aromatic rings. The fourth-order valence-electron chi connectivity index (χ4n) is 3.03. The zero-order chi connectivity index (χ0) is 16.7. The predicted molar refractivity (Wildman–Crippen MR) is 102 cm³/mol. The molecule has 0 saturated heterocycles. The Kier molecular flexibility index (Phi) is 3.94. The Balaban J connectivity index is 1.84. The van der Waals surface area contributed by atoms with E-state index < -0.39 is 0 Å². The van der Waals surface area contributed by atoms with Gasteiger partial charge in [-0.2, -0.15) is 0 Å². The summed E-state index contributed by atoms with van der Waals surface area (Å²) in [7, 11) is 0. The number of rotatable bonds is 2. The maximum Gasteiger partial charge on any atom is 0.261 e. The minimum atomic E-state index is 0.00722. The first kappa shape index (κ1) is 15.5. The average Bonchev–Trinajstić information content (AvgIpc) is 2.98. The Morgan fingerprint density at radius 3 is 2.75 bits per heavy atom. The summed E-state index contributed by atoms with van der Waals surface area (Å²) in [5, 5.41) is 1.21. The largest absolute Gasteiger partial charge is 0.292 e. The highest BCUT2D eigenvalue weighted by Crippen LogP contribution is 2.28. The maximum absolute atomic E-state index is 12.7. The smallest absolute Gasteiger partial charge is 0.261 e. The minimum Gasteiger partial charge on any atom is -0.292 e. The molecule has 2 heterocycles. The molecule has 0 N–H and O–H groups in total. The van der Waals surface area contributed by atoms with E-state index >= 15 is 0 Å². The minimum absolute atomic E-state index is 0.00722. The number of fused-ring (bicyclic) bond motifs is 2. The molecule has 24 heavy (non-hydrogen) atoms. The lowest BCUT2D eigenvalue weighted by Crippen LogP contribution is -2.20. The molecule has 0 atom stereocenters. The van der Waals surface area contributed by atoms with Gasteiger partial charge in [0.1, 0.15) is 5.82 Å². The van der Waals surface area contributed by atoms with Crippen LogP contribution in [0.2, 0.25) is 5.02 Å². The second-order valence-electron chi connectivity index (χ2n) is 5.75. The molecule has 1 aromatic heterocycles. The van der Waals surface area contributed by atoms with Gasteiger partial charge in [0.05, 0.1) is 10.9 Å². The highest BCUT2D eigenvalue weighted by atomic mass is 35.5. The highest BCUT2D eigenvalue weighted by molar-refractivity contribution is 7.98. The molecule has 2 aromatic carbocycles.